The fourth-order valence-electron chi connectivity index (χ4n) is 1.54. The first-order chi connectivity index (χ1) is 8.63. The van der Waals surface area contributed by atoms with Gasteiger partial charge in [-0.25, -0.2) is 4.98 Å². The Morgan fingerprint density at radius 1 is 1.50 bits per heavy atom. The number of pyridine rings is 1. The molecule has 0 unspecified atom stereocenters. The van der Waals surface area contributed by atoms with E-state index in [2.05, 4.69) is 33.5 Å². The third-order valence-electron chi connectivity index (χ3n) is 2.32. The molecule has 0 spiro atoms. The Balaban J connectivity index is 1.94. The number of hydrogen-bond acceptors (Lipinski definition) is 5. The molecule has 5 nitrogen and oxygen atoms in total. The average molecular weight is 264 g/mol. The minimum Gasteiger partial charge on any atom is -0.363 e. The molecule has 18 heavy (non-hydrogen) atoms. The second-order valence-electron chi connectivity index (χ2n) is 4.52. The minimum absolute atomic E-state index is 0.00307. The maximum Gasteiger partial charge on any atom is 0.202 e. The van der Waals surface area contributed by atoms with Crippen molar-refractivity contribution in [2.45, 2.75) is 26.8 Å². The molecule has 0 saturated heterocycles. The molecule has 0 atom stereocenters. The van der Waals surface area contributed by atoms with Crippen molar-refractivity contribution in [3.8, 4) is 0 Å². The van der Waals surface area contributed by atoms with Gasteiger partial charge in [0.15, 0.2) is 5.43 Å². The molecule has 0 bridgehead atoms. The standard InChI is InChI=1S/C12H16N4OS/c1-8(2)5-11-15-12(18-16-11)14-7-9-6-10(17)3-4-13-9/h3-4,6,8H,5,7H2,1-2H3,(H,13,17)(H,14,15,16). The average Bonchev–Trinajstić information content (AvgIpc) is 2.73. The first-order valence-corrected chi connectivity index (χ1v) is 6.65. The van der Waals surface area contributed by atoms with Gasteiger partial charge in [-0.3, -0.25) is 4.79 Å². The van der Waals surface area contributed by atoms with Gasteiger partial charge in [0.1, 0.15) is 5.82 Å². The van der Waals surface area contributed by atoms with Crippen LogP contribution in [0.4, 0.5) is 5.13 Å². The monoisotopic (exact) mass is 264 g/mol. The van der Waals surface area contributed by atoms with E-state index < -0.39 is 0 Å². The number of hydrogen-bond donors (Lipinski definition) is 2. The van der Waals surface area contributed by atoms with Gasteiger partial charge in [-0.15, -0.1) is 0 Å². The zero-order chi connectivity index (χ0) is 13.0. The Kier molecular flexibility index (Phi) is 4.09. The normalized spacial score (nSPS) is 10.8. The van der Waals surface area contributed by atoms with Crippen molar-refractivity contribution in [1.82, 2.24) is 14.3 Å². The van der Waals surface area contributed by atoms with Crippen molar-refractivity contribution in [3.05, 3.63) is 40.1 Å². The summed E-state index contributed by atoms with van der Waals surface area (Å²) < 4.78 is 4.28. The second kappa shape index (κ2) is 5.77. The van der Waals surface area contributed by atoms with Crippen molar-refractivity contribution in [1.29, 1.82) is 0 Å². The summed E-state index contributed by atoms with van der Waals surface area (Å²) in [5, 5.41) is 3.94. The number of aromatic nitrogens is 3. The molecule has 0 aliphatic rings. The topological polar surface area (TPSA) is 70.7 Å². The van der Waals surface area contributed by atoms with E-state index in [1.54, 1.807) is 12.3 Å². The van der Waals surface area contributed by atoms with E-state index in [1.807, 2.05) is 0 Å². The van der Waals surface area contributed by atoms with Crippen molar-refractivity contribution in [3.63, 3.8) is 0 Å². The van der Waals surface area contributed by atoms with Crippen LogP contribution in [0.2, 0.25) is 0 Å². The SMILES string of the molecule is CC(C)Cc1nsc(NCc2cc(=O)cc[nH]2)n1. The molecule has 0 fully saturated rings. The largest absolute Gasteiger partial charge is 0.363 e. The lowest BCUT2D eigenvalue weighted by molar-refractivity contribution is 0.627. The quantitative estimate of drug-likeness (QED) is 0.867. The van der Waals surface area contributed by atoms with Crippen LogP contribution in [0, 0.1) is 5.92 Å². The molecule has 0 aromatic carbocycles. The number of aromatic amines is 1. The van der Waals surface area contributed by atoms with E-state index in [0.717, 1.165) is 23.1 Å². The summed E-state index contributed by atoms with van der Waals surface area (Å²) in [6, 6.07) is 3.07. The van der Waals surface area contributed by atoms with Crippen LogP contribution < -0.4 is 10.7 Å². The fourth-order valence-corrected chi connectivity index (χ4v) is 2.13. The molecule has 0 aliphatic heterocycles. The van der Waals surface area contributed by atoms with E-state index in [-0.39, 0.29) is 5.43 Å². The van der Waals surface area contributed by atoms with Crippen LogP contribution in [0.15, 0.2) is 23.1 Å². The highest BCUT2D eigenvalue weighted by molar-refractivity contribution is 7.09. The summed E-state index contributed by atoms with van der Waals surface area (Å²) >= 11 is 1.35. The molecule has 2 aromatic rings. The first-order valence-electron chi connectivity index (χ1n) is 5.87. The van der Waals surface area contributed by atoms with Gasteiger partial charge in [-0.05, 0) is 5.92 Å². The summed E-state index contributed by atoms with van der Waals surface area (Å²) in [6.45, 7) is 4.83. The summed E-state index contributed by atoms with van der Waals surface area (Å²) in [4.78, 5) is 18.6. The van der Waals surface area contributed by atoms with Crippen molar-refractivity contribution < 1.29 is 0 Å². The maximum absolute atomic E-state index is 11.2. The lowest BCUT2D eigenvalue weighted by Gasteiger charge is -2.01. The number of anilines is 1. The van der Waals surface area contributed by atoms with Gasteiger partial charge in [0.05, 0.1) is 6.54 Å². The van der Waals surface area contributed by atoms with Crippen LogP contribution in [0.1, 0.15) is 25.4 Å². The van der Waals surface area contributed by atoms with Crippen LogP contribution in [0.25, 0.3) is 0 Å². The van der Waals surface area contributed by atoms with E-state index in [0.29, 0.717) is 12.5 Å². The van der Waals surface area contributed by atoms with Crippen molar-refractivity contribution in [2.75, 3.05) is 5.32 Å². The highest BCUT2D eigenvalue weighted by Gasteiger charge is 2.05. The fraction of sp³-hybridized carbons (Fsp3) is 0.417. The molecule has 2 N–H and O–H groups in total. The van der Waals surface area contributed by atoms with Crippen LogP contribution in [0.5, 0.6) is 0 Å². The third kappa shape index (κ3) is 3.66. The molecular weight excluding hydrogens is 248 g/mol. The number of rotatable bonds is 5. The molecule has 0 amide bonds. The van der Waals surface area contributed by atoms with Gasteiger partial charge in [0, 0.05) is 42.0 Å². The Labute approximate surface area is 109 Å². The molecule has 0 aliphatic carbocycles. The molecular formula is C12H16N4OS. The predicted octanol–water partition coefficient (Wildman–Crippen LogP) is 2.04. The summed E-state index contributed by atoms with van der Waals surface area (Å²) in [7, 11) is 0. The zero-order valence-corrected chi connectivity index (χ0v) is 11.3. The lowest BCUT2D eigenvalue weighted by Crippen LogP contribution is -2.06. The van der Waals surface area contributed by atoms with Gasteiger partial charge in [-0.1, -0.05) is 13.8 Å². The molecule has 96 valence electrons. The Hall–Kier alpha value is -1.69. The highest BCUT2D eigenvalue weighted by atomic mass is 32.1. The minimum atomic E-state index is 0.00307. The number of H-pyrrole nitrogens is 1. The molecule has 2 heterocycles. The number of nitrogens with one attached hydrogen (secondary N) is 2. The van der Waals surface area contributed by atoms with E-state index in [1.165, 1.54) is 17.6 Å². The molecule has 0 saturated carbocycles. The van der Waals surface area contributed by atoms with E-state index in [9.17, 15) is 4.79 Å². The van der Waals surface area contributed by atoms with Crippen LogP contribution in [-0.4, -0.2) is 14.3 Å². The Bertz CT molecular complexity index is 561. The van der Waals surface area contributed by atoms with Crippen molar-refractivity contribution >= 4 is 16.7 Å². The smallest absolute Gasteiger partial charge is 0.202 e. The van der Waals surface area contributed by atoms with Gasteiger partial charge in [0.25, 0.3) is 0 Å². The van der Waals surface area contributed by atoms with E-state index in [4.69, 9.17) is 0 Å². The maximum atomic E-state index is 11.2. The van der Waals surface area contributed by atoms with Gasteiger partial charge >= 0.3 is 0 Å². The molecule has 0 radical (unpaired) electrons. The third-order valence-corrected chi connectivity index (χ3v) is 3.03. The van der Waals surface area contributed by atoms with E-state index >= 15 is 0 Å². The van der Waals surface area contributed by atoms with Gasteiger partial charge in [-0.2, -0.15) is 4.37 Å². The number of nitrogens with zero attached hydrogens (tertiary/aromatic N) is 2. The van der Waals surface area contributed by atoms with Crippen LogP contribution in [-0.2, 0) is 13.0 Å². The zero-order valence-electron chi connectivity index (χ0n) is 10.4. The Morgan fingerprint density at radius 3 is 3.06 bits per heavy atom. The highest BCUT2D eigenvalue weighted by Crippen LogP contribution is 2.14. The summed E-state index contributed by atoms with van der Waals surface area (Å²) in [6.07, 6.45) is 2.53. The second-order valence-corrected chi connectivity index (χ2v) is 5.27. The summed E-state index contributed by atoms with van der Waals surface area (Å²) in [5.74, 6) is 1.43. The van der Waals surface area contributed by atoms with Gasteiger partial charge in [0.2, 0.25) is 5.13 Å². The van der Waals surface area contributed by atoms with Crippen molar-refractivity contribution in [2.24, 2.45) is 5.92 Å². The predicted molar refractivity (Wildman–Crippen MR) is 72.8 cm³/mol. The first kappa shape index (κ1) is 12.8. The molecule has 2 aromatic heterocycles. The van der Waals surface area contributed by atoms with Crippen LogP contribution >= 0.6 is 11.5 Å². The van der Waals surface area contributed by atoms with Gasteiger partial charge < -0.3 is 10.3 Å². The van der Waals surface area contributed by atoms with Crippen LogP contribution in [0.3, 0.4) is 0 Å². The molecule has 2 rings (SSSR count). The Morgan fingerprint density at radius 2 is 2.33 bits per heavy atom. The molecule has 6 heteroatoms. The lowest BCUT2D eigenvalue weighted by atomic mass is 10.1. The summed E-state index contributed by atoms with van der Waals surface area (Å²) in [5.41, 5.74) is 0.839.